The van der Waals surface area contributed by atoms with E-state index in [1.54, 1.807) is 23.0 Å². The summed E-state index contributed by atoms with van der Waals surface area (Å²) in [4.78, 5) is 4.74. The van der Waals surface area contributed by atoms with Crippen LogP contribution in [0.2, 0.25) is 0 Å². The molecule has 120 valence electrons. The summed E-state index contributed by atoms with van der Waals surface area (Å²) in [6, 6.07) is 12.1. The number of nitriles is 1. The molecule has 3 aromatic heterocycles. The Morgan fingerprint density at radius 1 is 1.33 bits per heavy atom. The number of nitrogens with one attached hydrogen (secondary N) is 2. The maximum atomic E-state index is 9.11. The lowest BCUT2D eigenvalue weighted by atomic mass is 10.1. The Hall–Kier alpha value is -2.91. The number of hydrogen-bond donors (Lipinski definition) is 2. The molecule has 0 aromatic carbocycles. The van der Waals surface area contributed by atoms with Crippen LogP contribution in [0.4, 0.5) is 5.82 Å². The molecular formula is C18H18N6. The second kappa shape index (κ2) is 6.30. The van der Waals surface area contributed by atoms with Gasteiger partial charge >= 0.3 is 0 Å². The Morgan fingerprint density at radius 2 is 2.29 bits per heavy atom. The van der Waals surface area contributed by atoms with Crippen LogP contribution in [0, 0.1) is 11.3 Å². The lowest BCUT2D eigenvalue weighted by Gasteiger charge is -2.24. The molecule has 4 heterocycles. The first-order valence-electron chi connectivity index (χ1n) is 8.16. The fourth-order valence-electron chi connectivity index (χ4n) is 3.10. The minimum atomic E-state index is 0.413. The number of fused-ring (bicyclic) bond motifs is 1. The van der Waals surface area contributed by atoms with Crippen LogP contribution in [0.15, 0.2) is 42.7 Å². The van der Waals surface area contributed by atoms with Crippen LogP contribution in [0.3, 0.4) is 0 Å². The summed E-state index contributed by atoms with van der Waals surface area (Å²) in [5.41, 5.74) is 3.29. The normalized spacial score (nSPS) is 17.5. The quantitative estimate of drug-likeness (QED) is 0.775. The Kier molecular flexibility index (Phi) is 3.85. The largest absolute Gasteiger partial charge is 0.366 e. The third-order valence-corrected chi connectivity index (χ3v) is 4.32. The van der Waals surface area contributed by atoms with Crippen LogP contribution in [-0.2, 0) is 0 Å². The number of nitrogens with zero attached hydrogens (tertiary/aromatic N) is 4. The van der Waals surface area contributed by atoms with Gasteiger partial charge < -0.3 is 10.6 Å². The highest BCUT2D eigenvalue weighted by Gasteiger charge is 2.14. The summed E-state index contributed by atoms with van der Waals surface area (Å²) in [5.74, 6) is 0.872. The Labute approximate surface area is 140 Å². The van der Waals surface area contributed by atoms with E-state index in [0.29, 0.717) is 11.6 Å². The molecule has 6 nitrogen and oxygen atoms in total. The number of hydrogen-bond acceptors (Lipinski definition) is 5. The van der Waals surface area contributed by atoms with E-state index in [4.69, 9.17) is 10.2 Å². The van der Waals surface area contributed by atoms with Crippen LogP contribution < -0.4 is 10.6 Å². The molecular weight excluding hydrogens is 300 g/mol. The van der Waals surface area contributed by atoms with Crippen molar-refractivity contribution in [3.8, 4) is 17.3 Å². The van der Waals surface area contributed by atoms with E-state index in [1.807, 2.05) is 24.3 Å². The van der Waals surface area contributed by atoms with Crippen molar-refractivity contribution in [3.05, 3.63) is 48.3 Å². The van der Waals surface area contributed by atoms with Gasteiger partial charge in [-0.1, -0.05) is 6.07 Å². The zero-order valence-electron chi connectivity index (χ0n) is 13.2. The molecule has 1 saturated heterocycles. The molecule has 2 N–H and O–H groups in total. The van der Waals surface area contributed by atoms with Crippen molar-refractivity contribution >= 4 is 11.3 Å². The molecule has 1 fully saturated rings. The summed E-state index contributed by atoms with van der Waals surface area (Å²) < 4.78 is 1.77. The molecule has 0 bridgehead atoms. The van der Waals surface area contributed by atoms with E-state index in [-0.39, 0.29) is 0 Å². The first kappa shape index (κ1) is 14.7. The smallest absolute Gasteiger partial charge is 0.126 e. The van der Waals surface area contributed by atoms with Gasteiger partial charge in [-0.25, -0.2) is 9.50 Å². The van der Waals surface area contributed by atoms with Crippen molar-refractivity contribution in [1.82, 2.24) is 19.9 Å². The molecule has 1 aliphatic rings. The van der Waals surface area contributed by atoms with Crippen LogP contribution in [-0.4, -0.2) is 33.7 Å². The van der Waals surface area contributed by atoms with Gasteiger partial charge in [0.15, 0.2) is 0 Å². The van der Waals surface area contributed by atoms with Gasteiger partial charge in [0.1, 0.15) is 5.82 Å². The highest BCUT2D eigenvalue weighted by atomic mass is 15.2. The average molecular weight is 318 g/mol. The molecule has 0 unspecified atom stereocenters. The topological polar surface area (TPSA) is 78.0 Å². The number of aromatic nitrogens is 3. The minimum Gasteiger partial charge on any atom is -0.366 e. The molecule has 0 saturated carbocycles. The van der Waals surface area contributed by atoms with Crippen LogP contribution in [0.1, 0.15) is 18.4 Å². The second-order valence-corrected chi connectivity index (χ2v) is 6.01. The highest BCUT2D eigenvalue weighted by Crippen LogP contribution is 2.25. The fourth-order valence-corrected chi connectivity index (χ4v) is 3.10. The molecule has 6 heteroatoms. The first-order valence-corrected chi connectivity index (χ1v) is 8.16. The van der Waals surface area contributed by atoms with E-state index in [0.717, 1.165) is 42.1 Å². The number of anilines is 1. The zero-order valence-corrected chi connectivity index (χ0v) is 13.2. The van der Waals surface area contributed by atoms with Crippen molar-refractivity contribution in [1.29, 1.82) is 5.26 Å². The standard InChI is InChI=1S/C18H18N6/c19-10-13-6-8-24-17(9-13)15(12-21-24)16-4-1-5-18(23-16)22-14-3-2-7-20-11-14/h1,4-6,8-9,12,14,20H,2-3,7,11H2,(H,22,23)/t14-/m0/s1. The van der Waals surface area contributed by atoms with Gasteiger partial charge in [-0.15, -0.1) is 0 Å². The Bertz CT molecular complexity index is 901. The Balaban J connectivity index is 1.67. The summed E-state index contributed by atoms with van der Waals surface area (Å²) in [6.07, 6.45) is 5.93. The third kappa shape index (κ3) is 2.82. The van der Waals surface area contributed by atoms with Gasteiger partial charge in [0, 0.05) is 24.3 Å². The monoisotopic (exact) mass is 318 g/mol. The Morgan fingerprint density at radius 3 is 3.12 bits per heavy atom. The van der Waals surface area contributed by atoms with E-state index in [1.165, 1.54) is 6.42 Å². The van der Waals surface area contributed by atoms with Crippen molar-refractivity contribution < 1.29 is 0 Å². The second-order valence-electron chi connectivity index (χ2n) is 6.01. The summed E-state index contributed by atoms with van der Waals surface area (Å²) in [7, 11) is 0. The fraction of sp³-hybridized carbons (Fsp3) is 0.278. The molecule has 24 heavy (non-hydrogen) atoms. The maximum absolute atomic E-state index is 9.11. The van der Waals surface area contributed by atoms with Gasteiger partial charge in [0.2, 0.25) is 0 Å². The first-order chi connectivity index (χ1) is 11.8. The molecule has 3 aromatic rings. The predicted octanol–water partition coefficient (Wildman–Crippen LogP) is 2.43. The van der Waals surface area contributed by atoms with Crippen molar-refractivity contribution in [2.75, 3.05) is 18.4 Å². The highest BCUT2D eigenvalue weighted by molar-refractivity contribution is 5.79. The molecule has 4 rings (SSSR count). The number of piperidine rings is 1. The number of rotatable bonds is 3. The van der Waals surface area contributed by atoms with Gasteiger partial charge in [0.25, 0.3) is 0 Å². The summed E-state index contributed by atoms with van der Waals surface area (Å²) in [5, 5.41) is 20.4. The van der Waals surface area contributed by atoms with Gasteiger partial charge in [-0.2, -0.15) is 10.4 Å². The van der Waals surface area contributed by atoms with Gasteiger partial charge in [-0.05, 0) is 43.7 Å². The lowest BCUT2D eigenvalue weighted by molar-refractivity contribution is 0.479. The van der Waals surface area contributed by atoms with E-state index in [2.05, 4.69) is 21.8 Å². The number of pyridine rings is 2. The molecule has 1 aliphatic heterocycles. The van der Waals surface area contributed by atoms with Gasteiger partial charge in [-0.3, -0.25) is 0 Å². The van der Waals surface area contributed by atoms with Crippen molar-refractivity contribution in [2.45, 2.75) is 18.9 Å². The van der Waals surface area contributed by atoms with E-state index in [9.17, 15) is 0 Å². The average Bonchev–Trinajstić information content (AvgIpc) is 3.06. The third-order valence-electron chi connectivity index (χ3n) is 4.32. The van der Waals surface area contributed by atoms with Crippen LogP contribution >= 0.6 is 0 Å². The SMILES string of the molecule is N#Cc1ccn2ncc(-c3cccc(N[C@H]4CCCNC4)n3)c2c1. The minimum absolute atomic E-state index is 0.413. The van der Waals surface area contributed by atoms with E-state index < -0.39 is 0 Å². The van der Waals surface area contributed by atoms with E-state index >= 15 is 0 Å². The molecule has 0 spiro atoms. The molecule has 0 aliphatic carbocycles. The lowest BCUT2D eigenvalue weighted by Crippen LogP contribution is -2.38. The van der Waals surface area contributed by atoms with Crippen LogP contribution in [0.25, 0.3) is 16.8 Å². The summed E-state index contributed by atoms with van der Waals surface area (Å²) in [6.45, 7) is 2.06. The summed E-state index contributed by atoms with van der Waals surface area (Å²) >= 11 is 0. The maximum Gasteiger partial charge on any atom is 0.126 e. The van der Waals surface area contributed by atoms with Crippen molar-refractivity contribution in [2.24, 2.45) is 0 Å². The zero-order chi connectivity index (χ0) is 16.4. The van der Waals surface area contributed by atoms with Crippen LogP contribution in [0.5, 0.6) is 0 Å². The molecule has 0 radical (unpaired) electrons. The van der Waals surface area contributed by atoms with Gasteiger partial charge in [0.05, 0.1) is 29.0 Å². The predicted molar refractivity (Wildman–Crippen MR) is 92.7 cm³/mol. The molecule has 0 amide bonds. The van der Waals surface area contributed by atoms with Crippen molar-refractivity contribution in [3.63, 3.8) is 0 Å². The molecule has 1 atom stereocenters.